The van der Waals surface area contributed by atoms with Crippen LogP contribution in [0.3, 0.4) is 0 Å². The van der Waals surface area contributed by atoms with Crippen molar-refractivity contribution in [3.8, 4) is 0 Å². The Labute approximate surface area is 128 Å². The first-order valence-electron chi connectivity index (χ1n) is 7.88. The van der Waals surface area contributed by atoms with E-state index in [1.807, 2.05) is 0 Å². The normalized spacial score (nSPS) is 12.5. The molecule has 0 fully saturated rings. The Morgan fingerprint density at radius 2 is 1.43 bits per heavy atom. The van der Waals surface area contributed by atoms with E-state index in [1.165, 1.54) is 11.1 Å². The standard InChI is InChI=1S/C19H26N2/c1-3-21(4-2)19(18-13-9-6-10-14-18)16-20-15-17-11-7-5-8-12-17/h5-14,19-20H,3-4,15-16H2,1-2H3. The van der Waals surface area contributed by atoms with Crippen molar-refractivity contribution in [2.75, 3.05) is 19.6 Å². The molecule has 0 saturated carbocycles. The predicted octanol–water partition coefficient (Wildman–Crippen LogP) is 3.86. The van der Waals surface area contributed by atoms with Gasteiger partial charge in [0.05, 0.1) is 0 Å². The Balaban J connectivity index is 1.99. The van der Waals surface area contributed by atoms with E-state index >= 15 is 0 Å². The third-order valence-corrected chi connectivity index (χ3v) is 3.95. The van der Waals surface area contributed by atoms with E-state index in [-0.39, 0.29) is 0 Å². The largest absolute Gasteiger partial charge is 0.311 e. The molecule has 0 radical (unpaired) electrons. The molecule has 0 aliphatic rings. The monoisotopic (exact) mass is 282 g/mol. The molecule has 2 heteroatoms. The number of nitrogens with zero attached hydrogens (tertiary/aromatic N) is 1. The third-order valence-electron chi connectivity index (χ3n) is 3.95. The van der Waals surface area contributed by atoms with Gasteiger partial charge in [-0.2, -0.15) is 0 Å². The Bertz CT molecular complexity index is 491. The molecule has 0 aromatic heterocycles. The minimum absolute atomic E-state index is 0.435. The Morgan fingerprint density at radius 1 is 0.857 bits per heavy atom. The van der Waals surface area contributed by atoms with Gasteiger partial charge in [0.25, 0.3) is 0 Å². The molecule has 0 aliphatic carbocycles. The van der Waals surface area contributed by atoms with Crippen LogP contribution in [0.5, 0.6) is 0 Å². The summed E-state index contributed by atoms with van der Waals surface area (Å²) in [7, 11) is 0. The van der Waals surface area contributed by atoms with Gasteiger partial charge in [0.15, 0.2) is 0 Å². The Hall–Kier alpha value is -1.64. The zero-order chi connectivity index (χ0) is 14.9. The number of nitrogens with one attached hydrogen (secondary N) is 1. The summed E-state index contributed by atoms with van der Waals surface area (Å²) in [4.78, 5) is 2.51. The second kappa shape index (κ2) is 8.60. The summed E-state index contributed by atoms with van der Waals surface area (Å²) in [5.41, 5.74) is 2.73. The predicted molar refractivity (Wildman–Crippen MR) is 90.3 cm³/mol. The van der Waals surface area contributed by atoms with Crippen LogP contribution in [0, 0.1) is 0 Å². The maximum Gasteiger partial charge on any atom is 0.0472 e. The van der Waals surface area contributed by atoms with E-state index in [0.717, 1.165) is 26.2 Å². The fourth-order valence-electron chi connectivity index (χ4n) is 2.75. The lowest BCUT2D eigenvalue weighted by Crippen LogP contribution is -2.35. The van der Waals surface area contributed by atoms with E-state index in [0.29, 0.717) is 6.04 Å². The van der Waals surface area contributed by atoms with Gasteiger partial charge >= 0.3 is 0 Å². The highest BCUT2D eigenvalue weighted by molar-refractivity contribution is 5.20. The van der Waals surface area contributed by atoms with Crippen molar-refractivity contribution in [2.45, 2.75) is 26.4 Å². The highest BCUT2D eigenvalue weighted by Crippen LogP contribution is 2.19. The molecule has 21 heavy (non-hydrogen) atoms. The van der Waals surface area contributed by atoms with E-state index < -0.39 is 0 Å². The molecule has 2 rings (SSSR count). The highest BCUT2D eigenvalue weighted by Gasteiger charge is 2.16. The van der Waals surface area contributed by atoms with E-state index in [4.69, 9.17) is 0 Å². The van der Waals surface area contributed by atoms with Crippen molar-refractivity contribution in [2.24, 2.45) is 0 Å². The smallest absolute Gasteiger partial charge is 0.0472 e. The minimum atomic E-state index is 0.435. The molecule has 1 N–H and O–H groups in total. The molecule has 0 spiro atoms. The SMILES string of the molecule is CCN(CC)C(CNCc1ccccc1)c1ccccc1. The molecule has 1 atom stereocenters. The first-order chi connectivity index (χ1) is 10.3. The molecule has 0 amide bonds. The minimum Gasteiger partial charge on any atom is -0.311 e. The van der Waals surface area contributed by atoms with Crippen molar-refractivity contribution in [3.05, 3.63) is 71.8 Å². The number of likely N-dealkylation sites (N-methyl/N-ethyl adjacent to an activating group) is 1. The summed E-state index contributed by atoms with van der Waals surface area (Å²) in [5, 5.41) is 3.61. The van der Waals surface area contributed by atoms with E-state index in [2.05, 4.69) is 84.7 Å². The quantitative estimate of drug-likeness (QED) is 0.791. The van der Waals surface area contributed by atoms with Gasteiger partial charge in [0, 0.05) is 19.1 Å². The van der Waals surface area contributed by atoms with Crippen molar-refractivity contribution < 1.29 is 0 Å². The van der Waals surface area contributed by atoms with Crippen LogP contribution in [0.2, 0.25) is 0 Å². The van der Waals surface area contributed by atoms with Crippen LogP contribution >= 0.6 is 0 Å². The lowest BCUT2D eigenvalue weighted by Gasteiger charge is -2.30. The van der Waals surface area contributed by atoms with Crippen LogP contribution < -0.4 is 5.32 Å². The Kier molecular flexibility index (Phi) is 6.45. The van der Waals surface area contributed by atoms with Crippen LogP contribution in [-0.2, 0) is 6.54 Å². The summed E-state index contributed by atoms with van der Waals surface area (Å²) in [6, 6.07) is 21.8. The maximum absolute atomic E-state index is 3.61. The van der Waals surface area contributed by atoms with Gasteiger partial charge in [-0.05, 0) is 24.2 Å². The summed E-state index contributed by atoms with van der Waals surface area (Å²) in [6.07, 6.45) is 0. The molecule has 0 aliphatic heterocycles. The molecule has 2 aromatic rings. The highest BCUT2D eigenvalue weighted by atomic mass is 15.2. The van der Waals surface area contributed by atoms with Crippen molar-refractivity contribution in [1.82, 2.24) is 10.2 Å². The van der Waals surface area contributed by atoms with Gasteiger partial charge in [0.1, 0.15) is 0 Å². The molecule has 1 unspecified atom stereocenters. The van der Waals surface area contributed by atoms with Gasteiger partial charge in [0.2, 0.25) is 0 Å². The number of benzene rings is 2. The summed E-state index contributed by atoms with van der Waals surface area (Å²) >= 11 is 0. The first-order valence-corrected chi connectivity index (χ1v) is 7.88. The molecular formula is C19H26N2. The van der Waals surface area contributed by atoms with Gasteiger partial charge in [-0.3, -0.25) is 4.90 Å². The van der Waals surface area contributed by atoms with Crippen molar-refractivity contribution in [1.29, 1.82) is 0 Å². The molecular weight excluding hydrogens is 256 g/mol. The fraction of sp³-hybridized carbons (Fsp3) is 0.368. The number of hydrogen-bond acceptors (Lipinski definition) is 2. The van der Waals surface area contributed by atoms with Crippen LogP contribution in [0.1, 0.15) is 31.0 Å². The van der Waals surface area contributed by atoms with Gasteiger partial charge in [-0.15, -0.1) is 0 Å². The molecule has 0 saturated heterocycles. The second-order valence-electron chi connectivity index (χ2n) is 5.26. The summed E-state index contributed by atoms with van der Waals surface area (Å²) in [6.45, 7) is 8.51. The van der Waals surface area contributed by atoms with Crippen LogP contribution in [0.25, 0.3) is 0 Å². The lowest BCUT2D eigenvalue weighted by molar-refractivity contribution is 0.213. The topological polar surface area (TPSA) is 15.3 Å². The van der Waals surface area contributed by atoms with Crippen LogP contribution in [0.15, 0.2) is 60.7 Å². The average molecular weight is 282 g/mol. The molecule has 2 nitrogen and oxygen atoms in total. The fourth-order valence-corrected chi connectivity index (χ4v) is 2.75. The summed E-state index contributed by atoms with van der Waals surface area (Å²) < 4.78 is 0. The van der Waals surface area contributed by atoms with Crippen LogP contribution in [-0.4, -0.2) is 24.5 Å². The number of hydrogen-bond donors (Lipinski definition) is 1. The number of rotatable bonds is 8. The second-order valence-corrected chi connectivity index (χ2v) is 5.26. The molecule has 112 valence electrons. The first kappa shape index (κ1) is 15.7. The van der Waals surface area contributed by atoms with Gasteiger partial charge in [-0.1, -0.05) is 74.5 Å². The van der Waals surface area contributed by atoms with Gasteiger partial charge < -0.3 is 5.32 Å². The molecule has 0 heterocycles. The summed E-state index contributed by atoms with van der Waals surface area (Å²) in [5.74, 6) is 0. The van der Waals surface area contributed by atoms with Crippen molar-refractivity contribution >= 4 is 0 Å². The maximum atomic E-state index is 3.61. The zero-order valence-corrected chi connectivity index (χ0v) is 13.1. The zero-order valence-electron chi connectivity index (χ0n) is 13.1. The average Bonchev–Trinajstić information content (AvgIpc) is 2.56. The van der Waals surface area contributed by atoms with E-state index in [1.54, 1.807) is 0 Å². The van der Waals surface area contributed by atoms with Gasteiger partial charge in [-0.25, -0.2) is 0 Å². The third kappa shape index (κ3) is 4.69. The Morgan fingerprint density at radius 3 is 2.00 bits per heavy atom. The lowest BCUT2D eigenvalue weighted by atomic mass is 10.0. The molecule has 0 bridgehead atoms. The van der Waals surface area contributed by atoms with E-state index in [9.17, 15) is 0 Å². The van der Waals surface area contributed by atoms with Crippen LogP contribution in [0.4, 0.5) is 0 Å². The molecule has 2 aromatic carbocycles. The van der Waals surface area contributed by atoms with Crippen molar-refractivity contribution in [3.63, 3.8) is 0 Å².